The van der Waals surface area contributed by atoms with Gasteiger partial charge in [-0.25, -0.2) is 0 Å². The van der Waals surface area contributed by atoms with Crippen LogP contribution in [0.15, 0.2) is 41.0 Å². The smallest absolute Gasteiger partial charge is 0.252 e. The minimum Gasteiger partial charge on any atom is -0.351 e. The molecule has 1 saturated heterocycles. The number of carbonyl (C=O) groups is 2. The zero-order valence-corrected chi connectivity index (χ0v) is 18.9. The first-order chi connectivity index (χ1) is 14.2. The highest BCUT2D eigenvalue weighted by Gasteiger charge is 2.45. The highest BCUT2D eigenvalue weighted by atomic mass is 35.5. The molecule has 0 bridgehead atoms. The van der Waals surface area contributed by atoms with E-state index in [1.54, 1.807) is 6.07 Å². The molecule has 1 aliphatic carbocycles. The maximum atomic E-state index is 12.8. The number of nitrogens with one attached hydrogen (secondary N) is 1. The topological polar surface area (TPSA) is 78.7 Å². The fraction of sp³-hybridized carbons (Fsp3) is 0.478. The number of fused-ring (bicyclic) bond motifs is 1. The van der Waals surface area contributed by atoms with Crippen LogP contribution in [0.4, 0.5) is 0 Å². The number of hydrogen-bond acceptors (Lipinski definition) is 5. The Morgan fingerprint density at radius 1 is 1.43 bits per heavy atom. The molecule has 3 atom stereocenters. The number of allylic oxidation sites excluding steroid dienone is 2. The zero-order chi connectivity index (χ0) is 22.1. The van der Waals surface area contributed by atoms with Gasteiger partial charge in [0.2, 0.25) is 0 Å². The Morgan fingerprint density at radius 2 is 2.17 bits per heavy atom. The van der Waals surface area contributed by atoms with Gasteiger partial charge in [-0.3, -0.25) is 9.59 Å². The Hall–Kier alpha value is -1.99. The number of rotatable bonds is 6. The predicted octanol–water partition coefficient (Wildman–Crippen LogP) is 2.22. The molecule has 0 spiro atoms. The second-order valence-electron chi connectivity index (χ2n) is 8.87. The van der Waals surface area contributed by atoms with E-state index < -0.39 is 0 Å². The molecule has 1 amide bonds. The molecule has 1 aromatic carbocycles. The Balaban J connectivity index is 1.97. The van der Waals surface area contributed by atoms with Gasteiger partial charge in [-0.15, -0.1) is 0 Å². The van der Waals surface area contributed by atoms with E-state index in [0.717, 1.165) is 31.5 Å². The minimum absolute atomic E-state index is 0.0382. The zero-order valence-electron chi connectivity index (χ0n) is 18.1. The molecule has 0 radical (unpaired) electrons. The lowest BCUT2D eigenvalue weighted by atomic mass is 9.64. The monoisotopic (exact) mass is 430 g/mol. The summed E-state index contributed by atoms with van der Waals surface area (Å²) in [6.07, 6.45) is 4.66. The first-order valence-corrected chi connectivity index (χ1v) is 10.6. The molecule has 2 aliphatic rings. The highest BCUT2D eigenvalue weighted by Crippen LogP contribution is 2.48. The first-order valence-electron chi connectivity index (χ1n) is 10.2. The van der Waals surface area contributed by atoms with Crippen LogP contribution in [0.5, 0.6) is 0 Å². The first kappa shape index (κ1) is 22.7. The molecule has 0 aromatic heterocycles. The van der Waals surface area contributed by atoms with Gasteiger partial charge in [-0.05, 0) is 44.9 Å². The molecule has 6 nitrogen and oxygen atoms in total. The van der Waals surface area contributed by atoms with Crippen LogP contribution in [-0.4, -0.2) is 75.4 Å². The highest BCUT2D eigenvalue weighted by molar-refractivity contribution is 6.31. The molecule has 3 N–H and O–H groups in total. The second kappa shape index (κ2) is 9.02. The van der Waals surface area contributed by atoms with Crippen LogP contribution < -0.4 is 11.1 Å². The second-order valence-corrected chi connectivity index (χ2v) is 9.30. The average molecular weight is 431 g/mol. The van der Waals surface area contributed by atoms with E-state index in [-0.39, 0.29) is 23.3 Å². The molecule has 1 heterocycles. The number of aldehydes is 1. The number of piperidine rings is 1. The lowest BCUT2D eigenvalue weighted by Gasteiger charge is -2.49. The molecule has 0 saturated carbocycles. The van der Waals surface area contributed by atoms with Crippen molar-refractivity contribution in [2.45, 2.75) is 18.9 Å². The number of hydrogen-bond donors (Lipinski definition) is 2. The number of carbonyl (C=O) groups excluding carboxylic acids is 2. The van der Waals surface area contributed by atoms with Crippen molar-refractivity contribution >= 4 is 23.8 Å². The van der Waals surface area contributed by atoms with Crippen LogP contribution in [0.2, 0.25) is 0 Å². The van der Waals surface area contributed by atoms with Crippen molar-refractivity contribution in [1.29, 1.82) is 0 Å². The van der Waals surface area contributed by atoms with Crippen LogP contribution in [0, 0.1) is 5.41 Å². The van der Waals surface area contributed by atoms with Gasteiger partial charge in [0.25, 0.3) is 5.91 Å². The van der Waals surface area contributed by atoms with Crippen molar-refractivity contribution in [3.63, 3.8) is 0 Å². The summed E-state index contributed by atoms with van der Waals surface area (Å²) < 4.78 is 0. The summed E-state index contributed by atoms with van der Waals surface area (Å²) in [5.41, 5.74) is 9.19. The summed E-state index contributed by atoms with van der Waals surface area (Å²) in [4.78, 5) is 28.6. The molecular weight excluding hydrogens is 400 g/mol. The van der Waals surface area contributed by atoms with Crippen LogP contribution in [-0.2, 0) is 0 Å². The van der Waals surface area contributed by atoms with E-state index in [2.05, 4.69) is 24.2 Å². The molecule has 162 valence electrons. The van der Waals surface area contributed by atoms with E-state index in [1.807, 2.05) is 43.3 Å². The molecule has 7 heteroatoms. The number of nitrogens with two attached hydrogens (primary N) is 1. The normalized spacial score (nSPS) is 26.6. The van der Waals surface area contributed by atoms with Crippen molar-refractivity contribution < 1.29 is 9.59 Å². The van der Waals surface area contributed by atoms with Crippen LogP contribution in [0.1, 0.15) is 39.1 Å². The third kappa shape index (κ3) is 4.52. The van der Waals surface area contributed by atoms with Crippen molar-refractivity contribution in [3.05, 3.63) is 57.6 Å². The Morgan fingerprint density at radius 3 is 2.83 bits per heavy atom. The number of halogens is 1. The maximum absolute atomic E-state index is 12.8. The van der Waals surface area contributed by atoms with Gasteiger partial charge in [-0.2, -0.15) is 0 Å². The van der Waals surface area contributed by atoms with Crippen LogP contribution >= 0.6 is 11.6 Å². The Kier molecular flexibility index (Phi) is 6.82. The van der Waals surface area contributed by atoms with Gasteiger partial charge in [0.05, 0.1) is 5.56 Å². The predicted molar refractivity (Wildman–Crippen MR) is 121 cm³/mol. The summed E-state index contributed by atoms with van der Waals surface area (Å²) in [5, 5.41) is 3.56. The number of amides is 1. The van der Waals surface area contributed by atoms with Crippen molar-refractivity contribution in [2.24, 2.45) is 11.1 Å². The molecule has 3 unspecified atom stereocenters. The lowest BCUT2D eigenvalue weighted by Crippen LogP contribution is -2.54. The van der Waals surface area contributed by atoms with Gasteiger partial charge in [0, 0.05) is 54.1 Å². The number of benzene rings is 1. The quantitative estimate of drug-likeness (QED) is 0.676. The largest absolute Gasteiger partial charge is 0.351 e. The van der Waals surface area contributed by atoms with E-state index >= 15 is 0 Å². The van der Waals surface area contributed by atoms with Crippen LogP contribution in [0.25, 0.3) is 0 Å². The van der Waals surface area contributed by atoms with Crippen LogP contribution in [0.3, 0.4) is 0 Å². The summed E-state index contributed by atoms with van der Waals surface area (Å²) >= 11 is 6.37. The van der Waals surface area contributed by atoms with Gasteiger partial charge >= 0.3 is 0 Å². The standard InChI is InChI=1S/C23H31ClN4O2/c1-23-14-28(4)12-19(20(23)10-17(24)11-21(23)25)15-5-6-16(13-29)18(9-15)22(30)26-7-8-27(2)3/h5-6,9-11,13,19,21H,7-8,12,14,25H2,1-4H3,(H,26,30). The summed E-state index contributed by atoms with van der Waals surface area (Å²) in [5.74, 6) is -0.198. The fourth-order valence-electron chi connectivity index (χ4n) is 4.50. The maximum Gasteiger partial charge on any atom is 0.252 e. The third-order valence-corrected chi connectivity index (χ3v) is 6.43. The van der Waals surface area contributed by atoms with E-state index in [4.69, 9.17) is 17.3 Å². The number of likely N-dealkylation sites (tertiary alicyclic amines) is 1. The molecule has 1 aromatic rings. The summed E-state index contributed by atoms with van der Waals surface area (Å²) in [6, 6.07) is 5.33. The minimum atomic E-state index is -0.243. The Labute approximate surface area is 183 Å². The van der Waals surface area contributed by atoms with Crippen molar-refractivity contribution in [1.82, 2.24) is 15.1 Å². The van der Waals surface area contributed by atoms with E-state index in [0.29, 0.717) is 22.7 Å². The number of likely N-dealkylation sites (N-methyl/N-ethyl adjacent to an activating group) is 2. The van der Waals surface area contributed by atoms with E-state index in [1.165, 1.54) is 5.57 Å². The van der Waals surface area contributed by atoms with Crippen molar-refractivity contribution in [3.8, 4) is 0 Å². The molecule has 1 aliphatic heterocycles. The molecule has 3 rings (SSSR count). The average Bonchev–Trinajstić information content (AvgIpc) is 2.68. The lowest BCUT2D eigenvalue weighted by molar-refractivity contribution is 0.0945. The van der Waals surface area contributed by atoms with Gasteiger partial charge in [-0.1, -0.05) is 36.2 Å². The Bertz CT molecular complexity index is 895. The van der Waals surface area contributed by atoms with Gasteiger partial charge in [0.15, 0.2) is 6.29 Å². The SMILES string of the molecule is CN(C)CCNC(=O)c1cc(C2CN(C)CC3(C)C2=CC(Cl)=CC3N)ccc1C=O. The summed E-state index contributed by atoms with van der Waals surface area (Å²) in [6.45, 7) is 5.03. The van der Waals surface area contributed by atoms with E-state index in [9.17, 15) is 9.59 Å². The molecule has 1 fully saturated rings. The fourth-order valence-corrected chi connectivity index (χ4v) is 4.76. The summed E-state index contributed by atoms with van der Waals surface area (Å²) in [7, 11) is 5.97. The van der Waals surface area contributed by atoms with Gasteiger partial charge in [0.1, 0.15) is 0 Å². The molecular formula is C23H31ClN4O2. The van der Waals surface area contributed by atoms with Gasteiger partial charge < -0.3 is 20.9 Å². The molecule has 30 heavy (non-hydrogen) atoms. The number of nitrogens with zero attached hydrogens (tertiary/aromatic N) is 2. The third-order valence-electron chi connectivity index (χ3n) is 6.19. The van der Waals surface area contributed by atoms with Crippen molar-refractivity contribution in [2.75, 3.05) is 47.3 Å².